The van der Waals surface area contributed by atoms with Crippen molar-refractivity contribution in [3.8, 4) is 0 Å². The fourth-order valence-electron chi connectivity index (χ4n) is 2.52. The summed E-state index contributed by atoms with van der Waals surface area (Å²) in [5.41, 5.74) is 7.73. The number of anilines is 2. The lowest BCUT2D eigenvalue weighted by Gasteiger charge is -2.22. The quantitative estimate of drug-likeness (QED) is 0.462. The van der Waals surface area contributed by atoms with E-state index < -0.39 is 0 Å². The van der Waals surface area contributed by atoms with Gasteiger partial charge in [-0.1, -0.05) is 60.4 Å². The number of thiazole rings is 1. The minimum absolute atomic E-state index is 0.0757. The van der Waals surface area contributed by atoms with Crippen molar-refractivity contribution in [2.75, 3.05) is 30.3 Å². The van der Waals surface area contributed by atoms with E-state index in [1.165, 1.54) is 16.9 Å². The third-order valence-corrected chi connectivity index (χ3v) is 5.39. The molecule has 6 nitrogen and oxygen atoms in total. The topological polar surface area (TPSA) is 88.2 Å². The molecular formula is C17H21N5OS2. The van der Waals surface area contributed by atoms with Crippen LogP contribution in [0.25, 0.3) is 10.3 Å². The Morgan fingerprint density at radius 1 is 1.16 bits per heavy atom. The van der Waals surface area contributed by atoms with Crippen LogP contribution in [-0.2, 0) is 5.75 Å². The van der Waals surface area contributed by atoms with Crippen LogP contribution in [0, 0.1) is 0 Å². The Kier molecular flexibility index (Phi) is 6.06. The molecule has 25 heavy (non-hydrogen) atoms. The number of thioether (sulfide) groups is 1. The zero-order valence-electron chi connectivity index (χ0n) is 14.1. The summed E-state index contributed by atoms with van der Waals surface area (Å²) in [6.07, 6.45) is 0.965. The van der Waals surface area contributed by atoms with Gasteiger partial charge in [-0.2, -0.15) is 0 Å². The summed E-state index contributed by atoms with van der Waals surface area (Å²) in [6.45, 7) is 3.52. The third kappa shape index (κ3) is 4.39. The molecule has 0 spiro atoms. The number of nitrogen functional groups attached to an aromatic ring is 1. The number of aromatic nitrogens is 3. The lowest BCUT2D eigenvalue weighted by molar-refractivity contribution is 0.301. The van der Waals surface area contributed by atoms with Gasteiger partial charge in [-0.05, 0) is 12.0 Å². The predicted molar refractivity (Wildman–Crippen MR) is 105 cm³/mol. The molecule has 0 radical (unpaired) electrons. The number of nitrogens with zero attached hydrogens (tertiary/aromatic N) is 4. The van der Waals surface area contributed by atoms with E-state index in [0.29, 0.717) is 22.5 Å². The molecule has 0 unspecified atom stereocenters. The van der Waals surface area contributed by atoms with E-state index >= 15 is 0 Å². The molecule has 0 aliphatic heterocycles. The predicted octanol–water partition coefficient (Wildman–Crippen LogP) is 3.17. The average molecular weight is 376 g/mol. The molecule has 3 aromatic rings. The normalized spacial score (nSPS) is 11.1. The molecule has 0 fully saturated rings. The molecule has 3 N–H and O–H groups in total. The van der Waals surface area contributed by atoms with Gasteiger partial charge in [0.25, 0.3) is 0 Å². The van der Waals surface area contributed by atoms with E-state index in [-0.39, 0.29) is 6.61 Å². The Labute approximate surface area is 155 Å². The van der Waals surface area contributed by atoms with Gasteiger partial charge in [0, 0.05) is 18.8 Å². The summed E-state index contributed by atoms with van der Waals surface area (Å²) >= 11 is 2.97. The minimum Gasteiger partial charge on any atom is -0.395 e. The first-order chi connectivity index (χ1) is 12.2. The molecule has 0 amide bonds. The van der Waals surface area contributed by atoms with Gasteiger partial charge in [-0.15, -0.1) is 0 Å². The summed E-state index contributed by atoms with van der Waals surface area (Å²) in [4.78, 5) is 15.7. The molecule has 0 aliphatic rings. The van der Waals surface area contributed by atoms with E-state index in [2.05, 4.69) is 33.9 Å². The number of hydrogen-bond donors (Lipinski definition) is 2. The molecule has 0 saturated carbocycles. The molecule has 132 valence electrons. The molecule has 0 saturated heterocycles. The van der Waals surface area contributed by atoms with Gasteiger partial charge in [0.15, 0.2) is 21.8 Å². The van der Waals surface area contributed by atoms with Crippen LogP contribution < -0.4 is 10.6 Å². The Hall–Kier alpha value is -1.90. The fraction of sp³-hybridized carbons (Fsp3) is 0.353. The van der Waals surface area contributed by atoms with E-state index in [4.69, 9.17) is 10.7 Å². The van der Waals surface area contributed by atoms with Gasteiger partial charge in [-0.3, -0.25) is 0 Å². The Balaban J connectivity index is 1.93. The third-order valence-electron chi connectivity index (χ3n) is 3.61. The summed E-state index contributed by atoms with van der Waals surface area (Å²) in [5, 5.41) is 10.6. The summed E-state index contributed by atoms with van der Waals surface area (Å²) in [5.74, 6) is 1.60. The number of aliphatic hydroxyl groups excluding tert-OH is 1. The van der Waals surface area contributed by atoms with Crippen molar-refractivity contribution in [1.82, 2.24) is 15.0 Å². The number of nitrogens with two attached hydrogens (primary N) is 1. The molecule has 3 rings (SSSR count). The molecular weight excluding hydrogens is 354 g/mol. The molecule has 0 bridgehead atoms. The zero-order valence-corrected chi connectivity index (χ0v) is 15.7. The van der Waals surface area contributed by atoms with Gasteiger partial charge >= 0.3 is 0 Å². The van der Waals surface area contributed by atoms with Crippen molar-refractivity contribution in [2.24, 2.45) is 0 Å². The Morgan fingerprint density at radius 3 is 2.68 bits per heavy atom. The number of fused-ring (bicyclic) bond motifs is 1. The molecule has 2 aromatic heterocycles. The van der Waals surface area contributed by atoms with Crippen LogP contribution in [0.3, 0.4) is 0 Å². The second-order valence-corrected chi connectivity index (χ2v) is 7.49. The first-order valence-electron chi connectivity index (χ1n) is 8.17. The van der Waals surface area contributed by atoms with Crippen molar-refractivity contribution >= 4 is 44.4 Å². The number of hydrogen-bond acceptors (Lipinski definition) is 8. The van der Waals surface area contributed by atoms with E-state index in [1.807, 2.05) is 18.2 Å². The van der Waals surface area contributed by atoms with Crippen LogP contribution >= 0.6 is 23.1 Å². The van der Waals surface area contributed by atoms with Gasteiger partial charge < -0.3 is 15.7 Å². The maximum absolute atomic E-state index is 9.40. The van der Waals surface area contributed by atoms with E-state index in [1.54, 1.807) is 11.8 Å². The fourth-order valence-corrected chi connectivity index (χ4v) is 4.10. The first kappa shape index (κ1) is 17.9. The maximum Gasteiger partial charge on any atom is 0.191 e. The molecule has 2 heterocycles. The number of benzene rings is 1. The Bertz CT molecular complexity index is 819. The molecule has 1 aromatic carbocycles. The highest BCUT2D eigenvalue weighted by atomic mass is 32.2. The standard InChI is InChI=1S/C17H21N5OS2/c1-2-8-22(9-10-23)15-13-14(19-16(18)25-13)20-17(21-15)24-11-12-6-4-3-5-7-12/h3-7,23H,2,8-11H2,1H3,(H2,18,19,20,21). The highest BCUT2D eigenvalue weighted by Crippen LogP contribution is 2.33. The lowest BCUT2D eigenvalue weighted by Crippen LogP contribution is -2.28. The highest BCUT2D eigenvalue weighted by Gasteiger charge is 2.17. The monoisotopic (exact) mass is 375 g/mol. The van der Waals surface area contributed by atoms with Crippen LogP contribution in [-0.4, -0.2) is 39.8 Å². The average Bonchev–Trinajstić information content (AvgIpc) is 3.00. The first-order valence-corrected chi connectivity index (χ1v) is 9.98. The van der Waals surface area contributed by atoms with Crippen LogP contribution in [0.1, 0.15) is 18.9 Å². The van der Waals surface area contributed by atoms with E-state index in [9.17, 15) is 5.11 Å². The number of aliphatic hydroxyl groups is 1. The van der Waals surface area contributed by atoms with Crippen molar-refractivity contribution in [3.05, 3.63) is 35.9 Å². The largest absolute Gasteiger partial charge is 0.395 e. The van der Waals surface area contributed by atoms with Crippen molar-refractivity contribution in [1.29, 1.82) is 0 Å². The smallest absolute Gasteiger partial charge is 0.191 e. The Morgan fingerprint density at radius 2 is 1.96 bits per heavy atom. The lowest BCUT2D eigenvalue weighted by atomic mass is 10.2. The maximum atomic E-state index is 9.40. The van der Waals surface area contributed by atoms with Crippen molar-refractivity contribution in [2.45, 2.75) is 24.3 Å². The summed E-state index contributed by atoms with van der Waals surface area (Å²) < 4.78 is 0.878. The highest BCUT2D eigenvalue weighted by molar-refractivity contribution is 7.98. The van der Waals surface area contributed by atoms with Gasteiger partial charge in [0.2, 0.25) is 0 Å². The van der Waals surface area contributed by atoms with Crippen LogP contribution in [0.4, 0.5) is 10.9 Å². The van der Waals surface area contributed by atoms with Gasteiger partial charge in [0.05, 0.1) is 6.61 Å². The number of rotatable bonds is 8. The van der Waals surface area contributed by atoms with Crippen LogP contribution in [0.15, 0.2) is 35.5 Å². The molecule has 0 aliphatic carbocycles. The molecule has 8 heteroatoms. The zero-order chi connectivity index (χ0) is 17.6. The van der Waals surface area contributed by atoms with Crippen LogP contribution in [0.2, 0.25) is 0 Å². The molecule has 0 atom stereocenters. The van der Waals surface area contributed by atoms with Gasteiger partial charge in [-0.25, -0.2) is 15.0 Å². The van der Waals surface area contributed by atoms with Gasteiger partial charge in [0.1, 0.15) is 4.70 Å². The van der Waals surface area contributed by atoms with Crippen molar-refractivity contribution in [3.63, 3.8) is 0 Å². The second-order valence-electron chi connectivity index (χ2n) is 5.52. The second kappa shape index (κ2) is 8.46. The van der Waals surface area contributed by atoms with E-state index in [0.717, 1.165) is 29.2 Å². The van der Waals surface area contributed by atoms with Crippen LogP contribution in [0.5, 0.6) is 0 Å². The minimum atomic E-state index is 0.0757. The summed E-state index contributed by atoms with van der Waals surface area (Å²) in [7, 11) is 0. The van der Waals surface area contributed by atoms with Crippen molar-refractivity contribution < 1.29 is 5.11 Å². The SMILES string of the molecule is CCCN(CCO)c1nc(SCc2ccccc2)nc2nc(N)sc12. The summed E-state index contributed by atoms with van der Waals surface area (Å²) in [6, 6.07) is 10.2.